The number of sulfonamides is 1. The molecule has 3 rings (SSSR count). The van der Waals surface area contributed by atoms with Crippen LogP contribution in [0.25, 0.3) is 0 Å². The molecular formula is C23H24N2O3S. The van der Waals surface area contributed by atoms with Crippen LogP contribution in [0.1, 0.15) is 27.0 Å². The predicted molar refractivity (Wildman–Crippen MR) is 116 cm³/mol. The van der Waals surface area contributed by atoms with Crippen molar-refractivity contribution in [3.63, 3.8) is 0 Å². The van der Waals surface area contributed by atoms with E-state index in [0.29, 0.717) is 17.8 Å². The van der Waals surface area contributed by atoms with Gasteiger partial charge in [0.05, 0.1) is 10.6 Å². The van der Waals surface area contributed by atoms with Gasteiger partial charge >= 0.3 is 0 Å². The Bertz CT molecular complexity index is 1090. The highest BCUT2D eigenvalue weighted by molar-refractivity contribution is 7.92. The van der Waals surface area contributed by atoms with Crippen LogP contribution in [0.15, 0.2) is 77.7 Å². The Kier molecular flexibility index (Phi) is 6.34. The summed E-state index contributed by atoms with van der Waals surface area (Å²) in [4.78, 5) is 12.7. The Morgan fingerprint density at radius 1 is 0.897 bits per heavy atom. The second kappa shape index (κ2) is 8.92. The molecule has 0 aliphatic heterocycles. The van der Waals surface area contributed by atoms with E-state index in [2.05, 4.69) is 10.0 Å². The first-order chi connectivity index (χ1) is 13.8. The number of nitrogens with one attached hydrogen (secondary N) is 2. The third kappa shape index (κ3) is 5.45. The quantitative estimate of drug-likeness (QED) is 0.619. The van der Waals surface area contributed by atoms with Gasteiger partial charge in [0.2, 0.25) is 0 Å². The molecule has 29 heavy (non-hydrogen) atoms. The van der Waals surface area contributed by atoms with Crippen LogP contribution in [0, 0.1) is 13.8 Å². The topological polar surface area (TPSA) is 75.3 Å². The minimum absolute atomic E-state index is 0.181. The van der Waals surface area contributed by atoms with Crippen LogP contribution < -0.4 is 10.0 Å². The third-order valence-corrected chi connectivity index (χ3v) is 6.00. The van der Waals surface area contributed by atoms with E-state index in [-0.39, 0.29) is 10.8 Å². The van der Waals surface area contributed by atoms with Crippen LogP contribution >= 0.6 is 0 Å². The van der Waals surface area contributed by atoms with Crippen molar-refractivity contribution < 1.29 is 13.2 Å². The number of carbonyl (C=O) groups excluding carboxylic acids is 1. The second-order valence-electron chi connectivity index (χ2n) is 6.94. The lowest BCUT2D eigenvalue weighted by Crippen LogP contribution is -2.26. The zero-order valence-corrected chi connectivity index (χ0v) is 17.3. The summed E-state index contributed by atoms with van der Waals surface area (Å²) in [6, 6.07) is 21.5. The van der Waals surface area contributed by atoms with Crippen molar-refractivity contribution >= 4 is 21.6 Å². The Morgan fingerprint density at radius 3 is 2.28 bits per heavy atom. The number of benzene rings is 3. The number of aryl methyl sites for hydroxylation is 2. The lowest BCUT2D eigenvalue weighted by molar-refractivity contribution is 0.0954. The molecule has 6 heteroatoms. The standard InChI is InChI=1S/C23H24N2O3S/c1-17-8-12-21(13-9-17)29(27,28)25-22-16-20(11-10-18(22)2)23(26)24-15-14-19-6-4-3-5-7-19/h3-13,16,25H,14-15H2,1-2H3,(H,24,26). The van der Waals surface area contributed by atoms with Gasteiger partial charge in [0.1, 0.15) is 0 Å². The molecule has 150 valence electrons. The number of rotatable bonds is 7. The Labute approximate surface area is 171 Å². The lowest BCUT2D eigenvalue weighted by Gasteiger charge is -2.13. The number of carbonyl (C=O) groups is 1. The van der Waals surface area contributed by atoms with Gasteiger partial charge in [-0.15, -0.1) is 0 Å². The van der Waals surface area contributed by atoms with Gasteiger partial charge in [-0.3, -0.25) is 9.52 Å². The molecule has 0 saturated heterocycles. The van der Waals surface area contributed by atoms with Crippen LogP contribution in [-0.4, -0.2) is 20.9 Å². The summed E-state index contributed by atoms with van der Waals surface area (Å²) < 4.78 is 27.9. The van der Waals surface area contributed by atoms with Crippen LogP contribution in [0.4, 0.5) is 5.69 Å². The number of anilines is 1. The number of hydrogen-bond donors (Lipinski definition) is 2. The molecule has 0 heterocycles. The van der Waals surface area contributed by atoms with E-state index in [1.807, 2.05) is 37.3 Å². The van der Waals surface area contributed by atoms with Crippen LogP contribution in [0.2, 0.25) is 0 Å². The fourth-order valence-corrected chi connectivity index (χ4v) is 3.98. The maximum atomic E-state index is 12.7. The van der Waals surface area contributed by atoms with E-state index in [1.54, 1.807) is 49.4 Å². The summed E-state index contributed by atoms with van der Waals surface area (Å²) in [6.07, 6.45) is 0.728. The summed E-state index contributed by atoms with van der Waals surface area (Å²) in [5.74, 6) is -0.239. The van der Waals surface area contributed by atoms with Crippen molar-refractivity contribution in [3.05, 3.63) is 95.1 Å². The van der Waals surface area contributed by atoms with Crippen molar-refractivity contribution in [1.29, 1.82) is 0 Å². The van der Waals surface area contributed by atoms with Gasteiger partial charge in [0, 0.05) is 12.1 Å². The van der Waals surface area contributed by atoms with Crippen molar-refractivity contribution in [2.24, 2.45) is 0 Å². The van der Waals surface area contributed by atoms with Crippen LogP contribution in [-0.2, 0) is 16.4 Å². The first-order valence-corrected chi connectivity index (χ1v) is 10.9. The maximum absolute atomic E-state index is 12.7. The Morgan fingerprint density at radius 2 is 1.59 bits per heavy atom. The first kappa shape index (κ1) is 20.6. The average molecular weight is 409 g/mol. The molecule has 0 atom stereocenters. The van der Waals surface area contributed by atoms with E-state index in [4.69, 9.17) is 0 Å². The zero-order chi connectivity index (χ0) is 20.9. The van der Waals surface area contributed by atoms with Crippen LogP contribution in [0.3, 0.4) is 0 Å². The van der Waals surface area contributed by atoms with E-state index in [9.17, 15) is 13.2 Å². The monoisotopic (exact) mass is 408 g/mol. The predicted octanol–water partition coefficient (Wildman–Crippen LogP) is 4.08. The van der Waals surface area contributed by atoms with Crippen molar-refractivity contribution in [3.8, 4) is 0 Å². The van der Waals surface area contributed by atoms with Crippen molar-refractivity contribution in [2.75, 3.05) is 11.3 Å². The molecule has 0 bridgehead atoms. The highest BCUT2D eigenvalue weighted by Crippen LogP contribution is 2.21. The second-order valence-corrected chi connectivity index (χ2v) is 8.62. The molecule has 0 radical (unpaired) electrons. The SMILES string of the molecule is Cc1ccc(S(=O)(=O)Nc2cc(C(=O)NCCc3ccccc3)ccc2C)cc1. The third-order valence-electron chi connectivity index (χ3n) is 4.62. The van der Waals surface area contributed by atoms with Crippen LogP contribution in [0.5, 0.6) is 0 Å². The van der Waals surface area contributed by atoms with Gasteiger partial charge in [0.25, 0.3) is 15.9 Å². The molecule has 0 fully saturated rings. The van der Waals surface area contributed by atoms with E-state index < -0.39 is 10.0 Å². The number of amides is 1. The van der Waals surface area contributed by atoms with Crippen molar-refractivity contribution in [2.45, 2.75) is 25.2 Å². The smallest absolute Gasteiger partial charge is 0.261 e. The van der Waals surface area contributed by atoms with Gasteiger partial charge in [-0.25, -0.2) is 8.42 Å². The van der Waals surface area contributed by atoms with E-state index in [0.717, 1.165) is 23.1 Å². The molecule has 0 aliphatic carbocycles. The molecular weight excluding hydrogens is 384 g/mol. The highest BCUT2D eigenvalue weighted by Gasteiger charge is 2.16. The molecule has 3 aromatic rings. The van der Waals surface area contributed by atoms with E-state index >= 15 is 0 Å². The largest absolute Gasteiger partial charge is 0.352 e. The molecule has 0 unspecified atom stereocenters. The first-order valence-electron chi connectivity index (χ1n) is 9.37. The highest BCUT2D eigenvalue weighted by atomic mass is 32.2. The molecule has 0 spiro atoms. The number of hydrogen-bond acceptors (Lipinski definition) is 3. The molecule has 5 nitrogen and oxygen atoms in total. The van der Waals surface area contributed by atoms with E-state index in [1.165, 1.54) is 0 Å². The molecule has 0 saturated carbocycles. The normalized spacial score (nSPS) is 11.1. The summed E-state index contributed by atoms with van der Waals surface area (Å²) in [5.41, 5.74) is 3.66. The molecule has 0 aliphatic rings. The van der Waals surface area contributed by atoms with Crippen molar-refractivity contribution in [1.82, 2.24) is 5.32 Å². The van der Waals surface area contributed by atoms with Gasteiger partial charge < -0.3 is 5.32 Å². The molecule has 2 N–H and O–H groups in total. The molecule has 1 amide bonds. The molecule has 0 aromatic heterocycles. The van der Waals surface area contributed by atoms with Gasteiger partial charge in [-0.2, -0.15) is 0 Å². The minimum atomic E-state index is -3.73. The lowest BCUT2D eigenvalue weighted by atomic mass is 10.1. The Balaban J connectivity index is 1.70. The molecule has 3 aromatic carbocycles. The fourth-order valence-electron chi connectivity index (χ4n) is 2.86. The minimum Gasteiger partial charge on any atom is -0.352 e. The summed E-state index contributed by atoms with van der Waals surface area (Å²) in [7, 11) is -3.73. The zero-order valence-electron chi connectivity index (χ0n) is 16.5. The summed E-state index contributed by atoms with van der Waals surface area (Å²) >= 11 is 0. The fraction of sp³-hybridized carbons (Fsp3) is 0.174. The Hall–Kier alpha value is -3.12. The van der Waals surface area contributed by atoms with Gasteiger partial charge in [0.15, 0.2) is 0 Å². The van der Waals surface area contributed by atoms with Gasteiger partial charge in [-0.1, -0.05) is 54.1 Å². The summed E-state index contributed by atoms with van der Waals surface area (Å²) in [6.45, 7) is 4.19. The summed E-state index contributed by atoms with van der Waals surface area (Å²) in [5, 5.41) is 2.88. The maximum Gasteiger partial charge on any atom is 0.261 e. The van der Waals surface area contributed by atoms with Gasteiger partial charge in [-0.05, 0) is 55.7 Å². The average Bonchev–Trinajstić information content (AvgIpc) is 2.70.